The van der Waals surface area contributed by atoms with E-state index < -0.39 is 28.3 Å². The van der Waals surface area contributed by atoms with Gasteiger partial charge >= 0.3 is 0 Å². The van der Waals surface area contributed by atoms with Gasteiger partial charge in [-0.1, -0.05) is 58.9 Å². The van der Waals surface area contributed by atoms with Crippen LogP contribution in [0.1, 0.15) is 79.6 Å². The van der Waals surface area contributed by atoms with E-state index in [2.05, 4.69) is 39.8 Å². The maximum atomic E-state index is 12.4. The number of aliphatic hydroxyl groups excluding tert-OH is 1. The van der Waals surface area contributed by atoms with E-state index in [0.717, 1.165) is 12.8 Å². The fourth-order valence-corrected chi connectivity index (χ4v) is 8.77. The van der Waals surface area contributed by atoms with E-state index in [0.29, 0.717) is 61.9 Å². The molecular formula is C28H44O4. The van der Waals surface area contributed by atoms with Gasteiger partial charge in [-0.3, -0.25) is 0 Å². The molecule has 3 N–H and O–H groups in total. The molecule has 2 bridgehead atoms. The molecule has 5 aliphatic rings. The van der Waals surface area contributed by atoms with E-state index in [1.807, 2.05) is 19.1 Å². The first kappa shape index (κ1) is 23.1. The van der Waals surface area contributed by atoms with Crippen LogP contribution >= 0.6 is 0 Å². The molecule has 0 aromatic carbocycles. The molecule has 32 heavy (non-hydrogen) atoms. The standard InChI is InChI=1S/C28H44O4/c1-18(2)19(3)6-7-20(4)22-8-9-23-25(22)12-15-28(31)24(5)11-10-21(29)16-26(24,30)13-14-27(23,28)32-17-25/h6-7,13-14,18-23,29-31H,8-12,15-17H2,1-5H3/b7-6+/t19-,20+,21-,22+,23?,24-,25-,26-,27+,28+/m0/s1. The van der Waals surface area contributed by atoms with Crippen LogP contribution in [0.3, 0.4) is 0 Å². The van der Waals surface area contributed by atoms with Crippen molar-refractivity contribution in [3.05, 3.63) is 24.3 Å². The summed E-state index contributed by atoms with van der Waals surface area (Å²) in [6, 6.07) is 0. The van der Waals surface area contributed by atoms with Gasteiger partial charge in [0.05, 0.1) is 18.3 Å². The van der Waals surface area contributed by atoms with Gasteiger partial charge in [-0.15, -0.1) is 0 Å². The van der Waals surface area contributed by atoms with Gasteiger partial charge in [0, 0.05) is 23.2 Å². The van der Waals surface area contributed by atoms with Gasteiger partial charge in [0.2, 0.25) is 0 Å². The number of fused-ring (bicyclic) bond motifs is 2. The van der Waals surface area contributed by atoms with Crippen LogP contribution in [0.15, 0.2) is 24.3 Å². The number of hydrogen-bond acceptors (Lipinski definition) is 4. The van der Waals surface area contributed by atoms with Crippen molar-refractivity contribution in [2.24, 2.45) is 40.4 Å². The van der Waals surface area contributed by atoms with E-state index in [4.69, 9.17) is 4.74 Å². The molecular weight excluding hydrogens is 400 g/mol. The smallest absolute Gasteiger partial charge is 0.119 e. The fraction of sp³-hybridized carbons (Fsp3) is 0.857. The zero-order valence-electron chi connectivity index (χ0n) is 20.7. The highest BCUT2D eigenvalue weighted by Crippen LogP contribution is 2.74. The molecule has 1 unspecified atom stereocenters. The Morgan fingerprint density at radius 1 is 0.969 bits per heavy atom. The average Bonchev–Trinajstić information content (AvgIpc) is 3.23. The summed E-state index contributed by atoms with van der Waals surface area (Å²) in [5.74, 6) is 2.59. The van der Waals surface area contributed by atoms with Gasteiger partial charge in [0.1, 0.15) is 11.2 Å². The van der Waals surface area contributed by atoms with Crippen molar-refractivity contribution in [1.29, 1.82) is 0 Å². The minimum absolute atomic E-state index is 0.112. The van der Waals surface area contributed by atoms with Crippen LogP contribution in [-0.4, -0.2) is 44.8 Å². The Bertz CT molecular complexity index is 820. The third-order valence-electron chi connectivity index (χ3n) is 11.3. The third kappa shape index (κ3) is 2.64. The lowest BCUT2D eigenvalue weighted by atomic mass is 9.42. The van der Waals surface area contributed by atoms with Gasteiger partial charge in [-0.05, 0) is 62.2 Å². The second-order valence-electron chi connectivity index (χ2n) is 12.7. The summed E-state index contributed by atoms with van der Waals surface area (Å²) in [5, 5.41) is 34.4. The second kappa shape index (κ2) is 7.16. The third-order valence-corrected chi connectivity index (χ3v) is 11.3. The molecule has 0 radical (unpaired) electrons. The highest BCUT2D eigenvalue weighted by molar-refractivity contribution is 5.39. The molecule has 4 heteroatoms. The van der Waals surface area contributed by atoms with Crippen molar-refractivity contribution in [2.45, 2.75) is 102 Å². The summed E-state index contributed by atoms with van der Waals surface area (Å²) in [6.45, 7) is 12.0. The minimum atomic E-state index is -1.18. The summed E-state index contributed by atoms with van der Waals surface area (Å²) in [6.07, 6.45) is 13.7. The maximum Gasteiger partial charge on any atom is 0.119 e. The molecule has 1 saturated heterocycles. The highest BCUT2D eigenvalue weighted by Gasteiger charge is 2.79. The van der Waals surface area contributed by atoms with Gasteiger partial charge in [-0.25, -0.2) is 0 Å². The molecule has 0 aromatic rings. The van der Waals surface area contributed by atoms with Crippen LogP contribution in [0, 0.1) is 40.4 Å². The highest BCUT2D eigenvalue weighted by atomic mass is 16.5. The summed E-state index contributed by atoms with van der Waals surface area (Å²) in [5.41, 5.74) is -3.59. The van der Waals surface area contributed by atoms with E-state index in [1.54, 1.807) is 0 Å². The van der Waals surface area contributed by atoms with Crippen molar-refractivity contribution >= 4 is 0 Å². The number of aliphatic hydroxyl groups is 3. The van der Waals surface area contributed by atoms with Gasteiger partial charge in [0.25, 0.3) is 0 Å². The Morgan fingerprint density at radius 3 is 2.44 bits per heavy atom. The minimum Gasteiger partial charge on any atom is -0.393 e. The monoisotopic (exact) mass is 444 g/mol. The van der Waals surface area contributed by atoms with Crippen LogP contribution in [0.2, 0.25) is 0 Å². The first-order chi connectivity index (χ1) is 14.9. The van der Waals surface area contributed by atoms with Crippen LogP contribution in [-0.2, 0) is 4.74 Å². The average molecular weight is 445 g/mol. The van der Waals surface area contributed by atoms with Crippen LogP contribution < -0.4 is 0 Å². The molecule has 1 heterocycles. The number of hydrogen-bond donors (Lipinski definition) is 3. The molecule has 4 aliphatic carbocycles. The fourth-order valence-electron chi connectivity index (χ4n) is 8.77. The molecule has 180 valence electrons. The summed E-state index contributed by atoms with van der Waals surface area (Å²) in [4.78, 5) is 0. The van der Waals surface area contributed by atoms with Crippen molar-refractivity contribution in [1.82, 2.24) is 0 Å². The second-order valence-corrected chi connectivity index (χ2v) is 12.7. The molecule has 4 fully saturated rings. The van der Waals surface area contributed by atoms with Gasteiger partial charge in [-0.2, -0.15) is 0 Å². The van der Waals surface area contributed by atoms with Crippen LogP contribution in [0.25, 0.3) is 0 Å². The predicted octanol–water partition coefficient (Wildman–Crippen LogP) is 4.63. The van der Waals surface area contributed by atoms with E-state index in [1.165, 1.54) is 6.42 Å². The first-order valence-electron chi connectivity index (χ1n) is 13.1. The van der Waals surface area contributed by atoms with Crippen LogP contribution in [0.5, 0.6) is 0 Å². The molecule has 3 saturated carbocycles. The molecule has 1 aliphatic heterocycles. The maximum absolute atomic E-state index is 12.4. The van der Waals surface area contributed by atoms with Crippen molar-refractivity contribution < 1.29 is 20.1 Å². The molecule has 4 nitrogen and oxygen atoms in total. The lowest BCUT2D eigenvalue weighted by molar-refractivity contribution is -0.285. The van der Waals surface area contributed by atoms with Crippen LogP contribution in [0.4, 0.5) is 0 Å². The normalized spacial score (nSPS) is 53.8. The number of allylic oxidation sites excluding steroid dienone is 2. The predicted molar refractivity (Wildman–Crippen MR) is 126 cm³/mol. The summed E-state index contributed by atoms with van der Waals surface area (Å²) < 4.78 is 6.73. The van der Waals surface area contributed by atoms with E-state index in [9.17, 15) is 15.3 Å². The topological polar surface area (TPSA) is 69.9 Å². The zero-order chi connectivity index (χ0) is 23.2. The lowest BCUT2D eigenvalue weighted by Gasteiger charge is -2.66. The Morgan fingerprint density at radius 2 is 1.72 bits per heavy atom. The quantitative estimate of drug-likeness (QED) is 0.553. The molecule has 0 aromatic heterocycles. The zero-order valence-corrected chi connectivity index (χ0v) is 20.7. The van der Waals surface area contributed by atoms with Crippen molar-refractivity contribution in [3.63, 3.8) is 0 Å². The summed E-state index contributed by atoms with van der Waals surface area (Å²) >= 11 is 0. The Balaban J connectivity index is 1.50. The Kier molecular flexibility index (Phi) is 5.17. The van der Waals surface area contributed by atoms with Crippen molar-refractivity contribution in [2.75, 3.05) is 6.61 Å². The largest absolute Gasteiger partial charge is 0.393 e. The molecule has 1 spiro atoms. The number of ether oxygens (including phenoxy) is 1. The van der Waals surface area contributed by atoms with Gasteiger partial charge < -0.3 is 20.1 Å². The molecule has 0 amide bonds. The summed E-state index contributed by atoms with van der Waals surface area (Å²) in [7, 11) is 0. The first-order valence-corrected chi connectivity index (χ1v) is 13.1. The van der Waals surface area contributed by atoms with E-state index in [-0.39, 0.29) is 5.41 Å². The van der Waals surface area contributed by atoms with Gasteiger partial charge in [0.15, 0.2) is 0 Å². The Hall–Kier alpha value is -0.680. The number of rotatable bonds is 4. The lowest BCUT2D eigenvalue weighted by Crippen LogP contribution is -2.76. The van der Waals surface area contributed by atoms with Crippen molar-refractivity contribution in [3.8, 4) is 0 Å². The van der Waals surface area contributed by atoms with E-state index >= 15 is 0 Å². The SMILES string of the molecule is CC(C)[C@@H](C)/C=C/[C@@H](C)[C@H]1CCC2[C@]13CC[C@@]1(O)[C@@]4(C)CC[C@H](O)C[C@@]4(O)C=C[C@@]21OC3. The Labute approximate surface area is 194 Å². The molecule has 5 rings (SSSR count). The molecule has 10 atom stereocenters.